The van der Waals surface area contributed by atoms with Gasteiger partial charge in [-0.2, -0.15) is 0 Å². The van der Waals surface area contributed by atoms with E-state index in [9.17, 15) is 5.11 Å². The van der Waals surface area contributed by atoms with Crippen molar-refractivity contribution in [3.63, 3.8) is 0 Å². The van der Waals surface area contributed by atoms with Crippen LogP contribution in [0.1, 0.15) is 0 Å². The molecule has 2 aromatic carbocycles. The molecule has 5 heteroatoms. The number of hydrogen-bond acceptors (Lipinski definition) is 3. The summed E-state index contributed by atoms with van der Waals surface area (Å²) in [5.41, 5.74) is 1.78. The molecule has 5 nitrogen and oxygen atoms in total. The molecule has 1 aromatic heterocycles. The summed E-state index contributed by atoms with van der Waals surface area (Å²) in [5, 5.41) is 12.0. The average molecular weight is 352 g/mol. The number of ether oxygens (including phenoxy) is 1. The Labute approximate surface area is 152 Å². The van der Waals surface area contributed by atoms with E-state index in [1.807, 2.05) is 30.3 Å². The summed E-state index contributed by atoms with van der Waals surface area (Å²) in [6, 6.07) is 15.3. The topological polar surface area (TPSA) is 50.0 Å². The second-order valence-corrected chi connectivity index (χ2v) is 6.85. The highest BCUT2D eigenvalue weighted by molar-refractivity contribution is 5.80. The Morgan fingerprint density at radius 2 is 1.77 bits per heavy atom. The molecule has 4 rings (SSSR count). The Morgan fingerprint density at radius 3 is 2.46 bits per heavy atom. The zero-order valence-electron chi connectivity index (χ0n) is 15.2. The summed E-state index contributed by atoms with van der Waals surface area (Å²) in [5.74, 6) is 1.89. The number of piperazine rings is 1. The molecule has 1 aliphatic rings. The van der Waals surface area contributed by atoms with Crippen LogP contribution in [0.15, 0.2) is 52.9 Å². The lowest BCUT2D eigenvalue weighted by Crippen LogP contribution is -3.12. The second kappa shape index (κ2) is 6.84. The van der Waals surface area contributed by atoms with Crippen LogP contribution in [-0.2, 0) is 0 Å². The van der Waals surface area contributed by atoms with Crippen LogP contribution in [-0.4, -0.2) is 45.4 Å². The number of rotatable bonds is 2. The van der Waals surface area contributed by atoms with Gasteiger partial charge in [0.15, 0.2) is 13.1 Å². The van der Waals surface area contributed by atoms with Crippen LogP contribution in [0, 0.1) is 0 Å². The maximum Gasteiger partial charge on any atom is 0.215 e. The summed E-state index contributed by atoms with van der Waals surface area (Å²) in [6.45, 7) is 4.18. The van der Waals surface area contributed by atoms with Crippen molar-refractivity contribution in [1.82, 2.24) is 4.58 Å². The third-order valence-corrected chi connectivity index (χ3v) is 5.06. The van der Waals surface area contributed by atoms with Crippen LogP contribution in [0.3, 0.4) is 0 Å². The molecule has 134 valence electrons. The molecule has 0 radical (unpaired) electrons. The molecule has 1 fully saturated rings. The zero-order chi connectivity index (χ0) is 18.1. The summed E-state index contributed by atoms with van der Waals surface area (Å²) in [4.78, 5) is 1.55. The van der Waals surface area contributed by atoms with Crippen molar-refractivity contribution < 1.29 is 19.2 Å². The molecule has 0 saturated carbocycles. The fourth-order valence-electron chi connectivity index (χ4n) is 3.45. The fourth-order valence-corrected chi connectivity index (χ4v) is 3.45. The third-order valence-electron chi connectivity index (χ3n) is 5.06. The highest BCUT2D eigenvalue weighted by Crippen LogP contribution is 2.25. The largest absolute Gasteiger partial charge is 0.508 e. The van der Waals surface area contributed by atoms with Gasteiger partial charge in [-0.05, 0) is 42.5 Å². The number of phenols is 1. The molecule has 0 spiro atoms. The second-order valence-electron chi connectivity index (χ2n) is 6.85. The molecule has 0 unspecified atom stereocenters. The lowest BCUT2D eigenvalue weighted by atomic mass is 10.1. The van der Waals surface area contributed by atoms with Gasteiger partial charge < -0.3 is 19.2 Å². The van der Waals surface area contributed by atoms with Crippen LogP contribution in [0.4, 0.5) is 0 Å². The van der Waals surface area contributed by atoms with E-state index in [0.717, 1.165) is 59.6 Å². The Bertz CT molecular complexity index is 996. The molecule has 3 aromatic rings. The molecular formula is C21H24N2O3+2. The first-order valence-corrected chi connectivity index (χ1v) is 8.94. The molecule has 0 bridgehead atoms. The predicted molar refractivity (Wildman–Crippen MR) is 101 cm³/mol. The van der Waals surface area contributed by atoms with Crippen molar-refractivity contribution in [1.29, 1.82) is 0 Å². The average Bonchev–Trinajstić information content (AvgIpc) is 2.68. The Morgan fingerprint density at radius 1 is 1.04 bits per heavy atom. The molecule has 2 N–H and O–H groups in total. The van der Waals surface area contributed by atoms with Gasteiger partial charge >= 0.3 is 0 Å². The number of fused-ring (bicyclic) bond motifs is 1. The quantitative estimate of drug-likeness (QED) is 0.680. The maximum atomic E-state index is 9.96. The number of quaternary nitrogens is 1. The van der Waals surface area contributed by atoms with E-state index in [1.165, 1.54) is 0 Å². The van der Waals surface area contributed by atoms with Gasteiger partial charge in [-0.25, -0.2) is 4.58 Å². The first-order valence-electron chi connectivity index (χ1n) is 8.94. The number of phenolic OH excluding ortho intramolecular Hbond substituents is 1. The van der Waals surface area contributed by atoms with Crippen molar-refractivity contribution in [2.45, 2.75) is 0 Å². The van der Waals surface area contributed by atoms with E-state index < -0.39 is 0 Å². The number of nitrogens with one attached hydrogen (secondary N) is 1. The summed E-state index contributed by atoms with van der Waals surface area (Å²) < 4.78 is 13.8. The van der Waals surface area contributed by atoms with E-state index in [4.69, 9.17) is 9.15 Å². The Kier molecular flexibility index (Phi) is 4.39. The zero-order valence-corrected chi connectivity index (χ0v) is 15.2. The number of aromatic hydroxyl groups is 1. The molecule has 1 aliphatic heterocycles. The molecule has 0 amide bonds. The predicted octanol–water partition coefficient (Wildman–Crippen LogP) is 1.11. The number of methoxy groups -OCH3 is 1. The van der Waals surface area contributed by atoms with E-state index in [1.54, 1.807) is 24.1 Å². The smallest absolute Gasteiger partial charge is 0.215 e. The first kappa shape index (κ1) is 16.7. The number of hydrogen-bond donors (Lipinski definition) is 2. The molecule has 0 aliphatic carbocycles. The molecule has 1 saturated heterocycles. The monoisotopic (exact) mass is 352 g/mol. The van der Waals surface area contributed by atoms with Gasteiger partial charge in [-0.15, -0.1) is 0 Å². The van der Waals surface area contributed by atoms with Gasteiger partial charge in [-0.3, -0.25) is 0 Å². The normalized spacial score (nSPS) is 17.5. The molecular weight excluding hydrogens is 328 g/mol. The number of likely N-dealkylation sites (N-methyl/N-ethyl adjacent to an activating group) is 1. The van der Waals surface area contributed by atoms with Gasteiger partial charge in [0.05, 0.1) is 25.6 Å². The van der Waals surface area contributed by atoms with E-state index in [-0.39, 0.29) is 5.75 Å². The van der Waals surface area contributed by atoms with E-state index in [0.29, 0.717) is 0 Å². The highest BCUT2D eigenvalue weighted by atomic mass is 16.5. The van der Waals surface area contributed by atoms with Gasteiger partial charge in [0.2, 0.25) is 5.36 Å². The third kappa shape index (κ3) is 3.18. The number of benzene rings is 2. The van der Waals surface area contributed by atoms with Crippen molar-refractivity contribution >= 4 is 11.0 Å². The summed E-state index contributed by atoms with van der Waals surface area (Å²) in [7, 11) is 3.89. The lowest BCUT2D eigenvalue weighted by Gasteiger charge is -2.18. The van der Waals surface area contributed by atoms with E-state index >= 15 is 0 Å². The van der Waals surface area contributed by atoms with E-state index in [2.05, 4.69) is 17.7 Å². The van der Waals surface area contributed by atoms with Gasteiger partial charge in [0, 0.05) is 5.56 Å². The van der Waals surface area contributed by atoms with Crippen molar-refractivity contribution in [2.24, 2.45) is 0 Å². The SMILES string of the molecule is COc1ccc(-c2cc(=[N+]3CC[NH+](C)CC3)c3cc(O)ccc3o2)cc1. The Balaban J connectivity index is 1.93. The van der Waals surface area contributed by atoms with Crippen LogP contribution in [0.5, 0.6) is 11.5 Å². The summed E-state index contributed by atoms with van der Waals surface area (Å²) in [6.07, 6.45) is 0. The van der Waals surface area contributed by atoms with Crippen LogP contribution in [0.2, 0.25) is 0 Å². The van der Waals surface area contributed by atoms with Gasteiger partial charge in [0.1, 0.15) is 35.9 Å². The van der Waals surface area contributed by atoms with Crippen LogP contribution in [0.25, 0.3) is 22.3 Å². The van der Waals surface area contributed by atoms with Crippen molar-refractivity contribution in [3.05, 3.63) is 53.9 Å². The first-order chi connectivity index (χ1) is 12.6. The molecule has 2 heterocycles. The van der Waals surface area contributed by atoms with Crippen molar-refractivity contribution in [2.75, 3.05) is 40.3 Å². The standard InChI is InChI=1S/C21H22N2O3/c1-22-9-11-23(12-10-22)19-14-21(15-3-6-17(25-2)7-4-15)26-20-8-5-16(24)13-18(19)20/h3-8,13-14H,9-12H2,1-2H3/p+2. The minimum atomic E-state index is 0.255. The van der Waals surface area contributed by atoms with Gasteiger partial charge in [-0.1, -0.05) is 0 Å². The molecule has 26 heavy (non-hydrogen) atoms. The minimum Gasteiger partial charge on any atom is -0.508 e. The minimum absolute atomic E-state index is 0.255. The molecule has 0 atom stereocenters. The Hall–Kier alpha value is -2.79. The van der Waals surface area contributed by atoms with Crippen LogP contribution >= 0.6 is 0 Å². The highest BCUT2D eigenvalue weighted by Gasteiger charge is 2.21. The van der Waals surface area contributed by atoms with Crippen LogP contribution < -0.4 is 19.6 Å². The fraction of sp³-hybridized carbons (Fsp3) is 0.286. The van der Waals surface area contributed by atoms with Gasteiger partial charge in [0.25, 0.3) is 0 Å². The number of nitrogens with zero attached hydrogens (tertiary/aromatic N) is 1. The lowest BCUT2D eigenvalue weighted by molar-refractivity contribution is -0.882. The van der Waals surface area contributed by atoms with Crippen molar-refractivity contribution in [3.8, 4) is 22.8 Å². The maximum absolute atomic E-state index is 9.96. The summed E-state index contributed by atoms with van der Waals surface area (Å²) >= 11 is 0.